The third-order valence-electron chi connectivity index (χ3n) is 1.96. The number of rotatable bonds is 3. The number of benzene rings is 1. The molecule has 0 aliphatic carbocycles. The molecule has 0 spiro atoms. The second-order valence-electron chi connectivity index (χ2n) is 2.78. The van der Waals surface area contributed by atoms with Gasteiger partial charge in [-0.25, -0.2) is 9.18 Å². The third kappa shape index (κ3) is 2.05. The summed E-state index contributed by atoms with van der Waals surface area (Å²) >= 11 is 0. The van der Waals surface area contributed by atoms with E-state index in [-0.39, 0.29) is 11.1 Å². The third-order valence-corrected chi connectivity index (χ3v) is 1.96. The Morgan fingerprint density at radius 1 is 1.54 bits per heavy atom. The second kappa shape index (κ2) is 4.03. The highest BCUT2D eigenvalue weighted by atomic mass is 19.1. The van der Waals surface area contributed by atoms with E-state index in [1.807, 2.05) is 6.92 Å². The van der Waals surface area contributed by atoms with Crippen LogP contribution in [0.4, 0.5) is 4.39 Å². The minimum absolute atomic E-state index is 0.0712. The molecule has 70 valence electrons. The Hall–Kier alpha value is -1.38. The number of aromatic carboxylic acids is 1. The van der Waals surface area contributed by atoms with E-state index in [1.54, 1.807) is 6.07 Å². The first-order chi connectivity index (χ1) is 6.19. The molecule has 1 N–H and O–H groups in total. The molecule has 0 aliphatic rings. The molecule has 0 atom stereocenters. The number of carboxylic acid groups (broad SMARTS) is 1. The molecule has 0 bridgehead atoms. The summed E-state index contributed by atoms with van der Waals surface area (Å²) in [5, 5.41) is 8.75. The van der Waals surface area contributed by atoms with Gasteiger partial charge in [0, 0.05) is 0 Å². The van der Waals surface area contributed by atoms with Gasteiger partial charge in [0.2, 0.25) is 0 Å². The van der Waals surface area contributed by atoms with Crippen molar-refractivity contribution in [3.8, 4) is 0 Å². The first kappa shape index (κ1) is 9.71. The standard InChI is InChI=1S/C10H11FO2/c1-2-7-3-4-8(6-11)9(5-7)10(12)13/h3-5H,2,6H2,1H3,(H,12,13). The van der Waals surface area contributed by atoms with E-state index >= 15 is 0 Å². The predicted octanol–water partition coefficient (Wildman–Crippen LogP) is 2.42. The number of carbonyl (C=O) groups is 1. The number of aryl methyl sites for hydroxylation is 1. The van der Waals surface area contributed by atoms with Crippen molar-refractivity contribution in [2.24, 2.45) is 0 Å². The normalized spacial score (nSPS) is 10.0. The van der Waals surface area contributed by atoms with E-state index in [0.717, 1.165) is 12.0 Å². The average Bonchev–Trinajstić information content (AvgIpc) is 2.16. The zero-order chi connectivity index (χ0) is 9.84. The van der Waals surface area contributed by atoms with Crippen molar-refractivity contribution in [2.45, 2.75) is 20.0 Å². The number of carboxylic acids is 1. The SMILES string of the molecule is CCc1ccc(CF)c(C(=O)O)c1. The van der Waals surface area contributed by atoms with Crippen LogP contribution in [0.15, 0.2) is 18.2 Å². The highest BCUT2D eigenvalue weighted by Gasteiger charge is 2.09. The summed E-state index contributed by atoms with van der Waals surface area (Å²) in [6.07, 6.45) is 0.757. The van der Waals surface area contributed by atoms with Crippen LogP contribution < -0.4 is 0 Å². The van der Waals surface area contributed by atoms with Crippen LogP contribution in [-0.2, 0) is 13.1 Å². The van der Waals surface area contributed by atoms with Gasteiger partial charge in [0.25, 0.3) is 0 Å². The highest BCUT2D eigenvalue weighted by molar-refractivity contribution is 5.89. The molecule has 0 fully saturated rings. The van der Waals surface area contributed by atoms with Gasteiger partial charge in [-0.1, -0.05) is 19.1 Å². The predicted molar refractivity (Wildman–Crippen MR) is 47.6 cm³/mol. The maximum atomic E-state index is 12.3. The van der Waals surface area contributed by atoms with Gasteiger partial charge in [0.15, 0.2) is 0 Å². The van der Waals surface area contributed by atoms with Gasteiger partial charge in [0.1, 0.15) is 6.67 Å². The molecule has 0 saturated heterocycles. The van der Waals surface area contributed by atoms with Crippen LogP contribution in [-0.4, -0.2) is 11.1 Å². The van der Waals surface area contributed by atoms with Crippen LogP contribution in [0.2, 0.25) is 0 Å². The molecule has 0 heterocycles. The lowest BCUT2D eigenvalue weighted by Crippen LogP contribution is -2.02. The van der Waals surface area contributed by atoms with Crippen molar-refractivity contribution in [3.05, 3.63) is 34.9 Å². The van der Waals surface area contributed by atoms with Crippen molar-refractivity contribution in [2.75, 3.05) is 0 Å². The van der Waals surface area contributed by atoms with Crippen molar-refractivity contribution in [1.82, 2.24) is 0 Å². The fourth-order valence-electron chi connectivity index (χ4n) is 1.16. The Labute approximate surface area is 76.0 Å². The smallest absolute Gasteiger partial charge is 0.336 e. The first-order valence-electron chi connectivity index (χ1n) is 4.10. The van der Waals surface area contributed by atoms with Gasteiger partial charge in [0.05, 0.1) is 5.56 Å². The second-order valence-corrected chi connectivity index (χ2v) is 2.78. The maximum absolute atomic E-state index is 12.3. The molecule has 3 heteroatoms. The lowest BCUT2D eigenvalue weighted by Gasteiger charge is -2.03. The zero-order valence-electron chi connectivity index (χ0n) is 7.38. The summed E-state index contributed by atoms with van der Waals surface area (Å²) in [4.78, 5) is 10.7. The molecule has 0 aromatic heterocycles. The lowest BCUT2D eigenvalue weighted by molar-refractivity contribution is 0.0694. The maximum Gasteiger partial charge on any atom is 0.336 e. The fourth-order valence-corrected chi connectivity index (χ4v) is 1.16. The number of alkyl halides is 1. The quantitative estimate of drug-likeness (QED) is 0.779. The number of hydrogen-bond donors (Lipinski definition) is 1. The summed E-state index contributed by atoms with van der Waals surface area (Å²) < 4.78 is 12.3. The van der Waals surface area contributed by atoms with E-state index in [0.29, 0.717) is 0 Å². The topological polar surface area (TPSA) is 37.3 Å². The molecular formula is C10H11FO2. The first-order valence-corrected chi connectivity index (χ1v) is 4.10. The minimum Gasteiger partial charge on any atom is -0.478 e. The molecule has 1 rings (SSSR count). The molecule has 0 unspecified atom stereocenters. The van der Waals surface area contributed by atoms with Crippen LogP contribution >= 0.6 is 0 Å². The molecule has 0 saturated carbocycles. The van der Waals surface area contributed by atoms with Crippen LogP contribution in [0.5, 0.6) is 0 Å². The van der Waals surface area contributed by atoms with Crippen molar-refractivity contribution < 1.29 is 14.3 Å². The van der Waals surface area contributed by atoms with Gasteiger partial charge in [-0.15, -0.1) is 0 Å². The Bertz CT molecular complexity index is 321. The summed E-state index contributed by atoms with van der Waals surface area (Å²) in [5.41, 5.74) is 1.22. The van der Waals surface area contributed by atoms with Crippen LogP contribution in [0, 0.1) is 0 Å². The molecule has 13 heavy (non-hydrogen) atoms. The summed E-state index contributed by atoms with van der Waals surface area (Å²) in [5.74, 6) is -1.07. The van der Waals surface area contributed by atoms with Gasteiger partial charge < -0.3 is 5.11 Å². The monoisotopic (exact) mass is 182 g/mol. The van der Waals surface area contributed by atoms with Gasteiger partial charge in [-0.05, 0) is 23.6 Å². The minimum atomic E-state index is -1.07. The average molecular weight is 182 g/mol. The fraction of sp³-hybridized carbons (Fsp3) is 0.300. The Kier molecular flexibility index (Phi) is 3.01. The van der Waals surface area contributed by atoms with Crippen molar-refractivity contribution in [3.63, 3.8) is 0 Å². The van der Waals surface area contributed by atoms with Gasteiger partial charge in [-0.2, -0.15) is 0 Å². The van der Waals surface area contributed by atoms with Crippen LogP contribution in [0.25, 0.3) is 0 Å². The van der Waals surface area contributed by atoms with Crippen molar-refractivity contribution in [1.29, 1.82) is 0 Å². The van der Waals surface area contributed by atoms with E-state index in [1.165, 1.54) is 12.1 Å². The largest absolute Gasteiger partial charge is 0.478 e. The summed E-state index contributed by atoms with van der Waals surface area (Å²) in [6, 6.07) is 4.81. The molecular weight excluding hydrogens is 171 g/mol. The van der Waals surface area contributed by atoms with Crippen LogP contribution in [0.3, 0.4) is 0 Å². The molecule has 1 aromatic carbocycles. The molecule has 2 nitrogen and oxygen atoms in total. The van der Waals surface area contributed by atoms with Gasteiger partial charge in [-0.3, -0.25) is 0 Å². The van der Waals surface area contributed by atoms with Crippen molar-refractivity contribution >= 4 is 5.97 Å². The molecule has 0 amide bonds. The molecule has 1 aromatic rings. The van der Waals surface area contributed by atoms with E-state index in [9.17, 15) is 9.18 Å². The van der Waals surface area contributed by atoms with Gasteiger partial charge >= 0.3 is 5.97 Å². The Morgan fingerprint density at radius 2 is 2.23 bits per heavy atom. The highest BCUT2D eigenvalue weighted by Crippen LogP contribution is 2.13. The number of halogens is 1. The molecule has 0 radical (unpaired) electrons. The Morgan fingerprint density at radius 3 is 2.69 bits per heavy atom. The van der Waals surface area contributed by atoms with E-state index in [4.69, 9.17) is 5.11 Å². The summed E-state index contributed by atoms with van der Waals surface area (Å²) in [7, 11) is 0. The van der Waals surface area contributed by atoms with E-state index in [2.05, 4.69) is 0 Å². The summed E-state index contributed by atoms with van der Waals surface area (Å²) in [6.45, 7) is 1.20. The van der Waals surface area contributed by atoms with Crippen LogP contribution in [0.1, 0.15) is 28.4 Å². The van der Waals surface area contributed by atoms with E-state index < -0.39 is 12.6 Å². The molecule has 0 aliphatic heterocycles. The zero-order valence-corrected chi connectivity index (χ0v) is 7.38. The lowest BCUT2D eigenvalue weighted by atomic mass is 10.0. The number of hydrogen-bond acceptors (Lipinski definition) is 1. The Balaban J connectivity index is 3.18.